The molecular weight excluding hydrogens is 410 g/mol. The van der Waals surface area contributed by atoms with Gasteiger partial charge in [0, 0.05) is 13.1 Å². The molecule has 10 heteroatoms. The van der Waals surface area contributed by atoms with Gasteiger partial charge in [-0.3, -0.25) is 14.4 Å². The Labute approximate surface area is 174 Å². The molecule has 0 fully saturated rings. The van der Waals surface area contributed by atoms with Gasteiger partial charge in [-0.05, 0) is 43.2 Å². The first-order chi connectivity index (χ1) is 14.2. The third-order valence-corrected chi connectivity index (χ3v) is 6.51. The third kappa shape index (κ3) is 4.28. The molecule has 0 radical (unpaired) electrons. The molecule has 0 spiro atoms. The zero-order chi connectivity index (χ0) is 21.9. The van der Waals surface area contributed by atoms with Gasteiger partial charge < -0.3 is 10.1 Å². The van der Waals surface area contributed by atoms with Crippen LogP contribution in [0.4, 0.5) is 10.5 Å². The Balaban J connectivity index is 1.79. The molecule has 158 valence electrons. The summed E-state index contributed by atoms with van der Waals surface area (Å²) in [6.07, 6.45) is 0.595. The van der Waals surface area contributed by atoms with Crippen molar-refractivity contribution < 1.29 is 27.5 Å². The van der Waals surface area contributed by atoms with Gasteiger partial charge in [0.2, 0.25) is 0 Å². The first kappa shape index (κ1) is 21.3. The maximum absolute atomic E-state index is 13.3. The van der Waals surface area contributed by atoms with E-state index in [4.69, 9.17) is 4.74 Å². The number of ether oxygens (including phenoxy) is 1. The average molecular weight is 431 g/mol. The number of hydrogen-bond donors (Lipinski definition) is 2. The number of nitrogens with one attached hydrogen (secondary N) is 2. The summed E-state index contributed by atoms with van der Waals surface area (Å²) in [5, 5.41) is 4.15. The van der Waals surface area contributed by atoms with Crippen molar-refractivity contribution in [2.24, 2.45) is 0 Å². The second-order valence-electron chi connectivity index (χ2n) is 6.71. The quantitative estimate of drug-likeness (QED) is 0.691. The summed E-state index contributed by atoms with van der Waals surface area (Å²) in [5.41, 5.74) is 1.53. The minimum atomic E-state index is -3.91. The van der Waals surface area contributed by atoms with E-state index in [1.807, 2.05) is 24.4 Å². The van der Waals surface area contributed by atoms with Crippen molar-refractivity contribution >= 4 is 33.6 Å². The predicted octanol–water partition coefficient (Wildman–Crippen LogP) is 1.44. The first-order valence-electron chi connectivity index (χ1n) is 9.15. The van der Waals surface area contributed by atoms with E-state index in [1.165, 1.54) is 35.6 Å². The number of hydrogen-bond acceptors (Lipinski definition) is 6. The van der Waals surface area contributed by atoms with Gasteiger partial charge in [-0.25, -0.2) is 18.0 Å². The average Bonchev–Trinajstić information content (AvgIpc) is 3.08. The highest BCUT2D eigenvalue weighted by Crippen LogP contribution is 2.36. The Bertz CT molecular complexity index is 1100. The summed E-state index contributed by atoms with van der Waals surface area (Å²) < 4.78 is 32.8. The van der Waals surface area contributed by atoms with Gasteiger partial charge in [0.1, 0.15) is 0 Å². The van der Waals surface area contributed by atoms with Crippen molar-refractivity contribution in [1.29, 1.82) is 0 Å². The molecule has 0 aromatic heterocycles. The van der Waals surface area contributed by atoms with Gasteiger partial charge in [-0.15, -0.1) is 0 Å². The fraction of sp³-hybridized carbons (Fsp3) is 0.250. The molecule has 30 heavy (non-hydrogen) atoms. The summed E-state index contributed by atoms with van der Waals surface area (Å²) in [4.78, 5) is 34.8. The Kier molecular flexibility index (Phi) is 6.06. The number of sulfonamides is 1. The minimum Gasteiger partial charge on any atom is -0.452 e. The van der Waals surface area contributed by atoms with Gasteiger partial charge in [0.05, 0.1) is 16.1 Å². The van der Waals surface area contributed by atoms with Crippen LogP contribution in [0.15, 0.2) is 53.4 Å². The molecule has 3 amide bonds. The van der Waals surface area contributed by atoms with E-state index in [9.17, 15) is 22.8 Å². The van der Waals surface area contributed by atoms with Crippen molar-refractivity contribution in [3.8, 4) is 0 Å². The number of nitrogens with zero attached hydrogens (tertiary/aromatic N) is 1. The molecule has 2 aromatic carbocycles. The van der Waals surface area contributed by atoms with Crippen LogP contribution < -0.4 is 14.9 Å². The lowest BCUT2D eigenvalue weighted by atomic mass is 10.1. The number of rotatable bonds is 5. The Morgan fingerprint density at radius 1 is 1.13 bits per heavy atom. The molecule has 9 nitrogen and oxygen atoms in total. The number of anilines is 1. The topological polar surface area (TPSA) is 122 Å². The summed E-state index contributed by atoms with van der Waals surface area (Å²) in [6, 6.07) is 11.7. The molecular formula is C20H21N3O6S. The number of amides is 3. The third-order valence-electron chi connectivity index (χ3n) is 4.59. The number of benzene rings is 2. The maximum atomic E-state index is 13.3. The summed E-state index contributed by atoms with van der Waals surface area (Å²) >= 11 is 0. The monoisotopic (exact) mass is 431 g/mol. The second-order valence-corrected chi connectivity index (χ2v) is 8.53. The van der Waals surface area contributed by atoms with Gasteiger partial charge in [-0.2, -0.15) is 0 Å². The fourth-order valence-electron chi connectivity index (χ4n) is 3.24. The van der Waals surface area contributed by atoms with Crippen molar-refractivity contribution in [2.75, 3.05) is 18.0 Å². The van der Waals surface area contributed by atoms with E-state index in [0.717, 1.165) is 5.56 Å². The zero-order valence-electron chi connectivity index (χ0n) is 16.4. The second kappa shape index (κ2) is 8.54. The lowest BCUT2D eigenvalue weighted by molar-refractivity contribution is -0.123. The van der Waals surface area contributed by atoms with Crippen LogP contribution in [0.25, 0.3) is 0 Å². The number of urea groups is 1. The van der Waals surface area contributed by atoms with E-state index in [0.29, 0.717) is 12.1 Å². The summed E-state index contributed by atoms with van der Waals surface area (Å²) in [6.45, 7) is 1.14. The number of carbonyl (C=O) groups excluding carboxylic acids is 3. The van der Waals surface area contributed by atoms with Crippen molar-refractivity contribution in [2.45, 2.75) is 24.3 Å². The molecule has 0 saturated carbocycles. The smallest absolute Gasteiger partial charge is 0.338 e. The molecule has 2 aromatic rings. The van der Waals surface area contributed by atoms with Crippen LogP contribution in [0.3, 0.4) is 0 Å². The van der Waals surface area contributed by atoms with E-state index in [-0.39, 0.29) is 16.5 Å². The Hall–Kier alpha value is -3.40. The van der Waals surface area contributed by atoms with Gasteiger partial charge in [0.15, 0.2) is 6.61 Å². The first-order valence-corrected chi connectivity index (χ1v) is 10.6. The molecule has 0 saturated heterocycles. The van der Waals surface area contributed by atoms with Crippen LogP contribution in [0, 0.1) is 0 Å². The number of fused-ring (bicyclic) bond motifs is 1. The standard InChI is InChI=1S/C20H21N3O6S/c1-13-10-14-6-3-4-9-17(14)23(13)30(27,28)16-8-5-7-15(11-16)19(25)29-12-18(24)22-20(26)21-2/h3-9,11,13H,10,12H2,1-2H3,(H2,21,22,24,26)/t13-/m0/s1. The lowest BCUT2D eigenvalue weighted by Crippen LogP contribution is -2.39. The number of esters is 1. The number of para-hydroxylation sites is 1. The van der Waals surface area contributed by atoms with Crippen LogP contribution >= 0.6 is 0 Å². The van der Waals surface area contributed by atoms with Crippen LogP contribution in [0.2, 0.25) is 0 Å². The molecule has 0 bridgehead atoms. The lowest BCUT2D eigenvalue weighted by Gasteiger charge is -2.24. The summed E-state index contributed by atoms with van der Waals surface area (Å²) in [7, 11) is -2.58. The number of imide groups is 1. The van der Waals surface area contributed by atoms with Crippen LogP contribution in [0.1, 0.15) is 22.8 Å². The normalized spacial score (nSPS) is 15.3. The molecule has 1 atom stereocenters. The molecule has 1 aliphatic rings. The molecule has 0 aliphatic carbocycles. The molecule has 3 rings (SSSR count). The van der Waals surface area contributed by atoms with Crippen LogP contribution in [-0.2, 0) is 26.0 Å². The highest BCUT2D eigenvalue weighted by atomic mass is 32.2. The molecule has 1 aliphatic heterocycles. The fourth-order valence-corrected chi connectivity index (χ4v) is 4.98. The molecule has 1 heterocycles. The predicted molar refractivity (Wildman–Crippen MR) is 109 cm³/mol. The van der Waals surface area contributed by atoms with Crippen LogP contribution in [0.5, 0.6) is 0 Å². The van der Waals surface area contributed by atoms with Crippen molar-refractivity contribution in [3.63, 3.8) is 0 Å². The SMILES string of the molecule is CNC(=O)NC(=O)COC(=O)c1cccc(S(=O)(=O)N2c3ccccc3C[C@@H]2C)c1. The molecule has 0 unspecified atom stereocenters. The molecule has 2 N–H and O–H groups in total. The van der Waals surface area contributed by atoms with Gasteiger partial charge in [0.25, 0.3) is 15.9 Å². The summed E-state index contributed by atoms with van der Waals surface area (Å²) in [5.74, 6) is -1.69. The van der Waals surface area contributed by atoms with Crippen molar-refractivity contribution in [3.05, 3.63) is 59.7 Å². The van der Waals surface area contributed by atoms with Gasteiger partial charge in [-0.1, -0.05) is 24.3 Å². The minimum absolute atomic E-state index is 0.0241. The van der Waals surface area contributed by atoms with E-state index in [1.54, 1.807) is 12.1 Å². The van der Waals surface area contributed by atoms with E-state index < -0.39 is 34.5 Å². The van der Waals surface area contributed by atoms with Crippen LogP contribution in [-0.4, -0.2) is 46.0 Å². The van der Waals surface area contributed by atoms with Gasteiger partial charge >= 0.3 is 12.0 Å². The largest absolute Gasteiger partial charge is 0.452 e. The highest BCUT2D eigenvalue weighted by Gasteiger charge is 2.36. The van der Waals surface area contributed by atoms with E-state index >= 15 is 0 Å². The Morgan fingerprint density at radius 3 is 2.60 bits per heavy atom. The van der Waals surface area contributed by atoms with E-state index in [2.05, 4.69) is 5.32 Å². The highest BCUT2D eigenvalue weighted by molar-refractivity contribution is 7.92. The maximum Gasteiger partial charge on any atom is 0.338 e. The number of carbonyl (C=O) groups is 3. The van der Waals surface area contributed by atoms with Crippen molar-refractivity contribution in [1.82, 2.24) is 10.6 Å². The Morgan fingerprint density at radius 2 is 1.87 bits per heavy atom. The zero-order valence-corrected chi connectivity index (χ0v) is 17.2.